The Morgan fingerprint density at radius 1 is 1.29 bits per heavy atom. The number of hydrogen-bond donors (Lipinski definition) is 0. The van der Waals surface area contributed by atoms with Crippen LogP contribution in [0.4, 0.5) is 0 Å². The maximum absolute atomic E-state index is 11.5. The fraction of sp³-hybridized carbons (Fsp3) is 0.417. The summed E-state index contributed by atoms with van der Waals surface area (Å²) < 4.78 is 9.23. The standard InChI is InChI=1S/C12H15NO4/c1-8-6-10(12(15)17-3)9(7-13-8)4-5-11(14)16-2/h6-7H,4-5H2,1-3H3. The Morgan fingerprint density at radius 2 is 2.00 bits per heavy atom. The molecule has 0 aromatic carbocycles. The third-order valence-electron chi connectivity index (χ3n) is 2.35. The summed E-state index contributed by atoms with van der Waals surface area (Å²) in [6.07, 6.45) is 2.21. The molecule has 17 heavy (non-hydrogen) atoms. The van der Waals surface area contributed by atoms with Crippen LogP contribution in [0, 0.1) is 6.92 Å². The van der Waals surface area contributed by atoms with Crippen molar-refractivity contribution in [2.24, 2.45) is 0 Å². The number of methoxy groups -OCH3 is 2. The van der Waals surface area contributed by atoms with Crippen molar-refractivity contribution in [2.45, 2.75) is 19.8 Å². The van der Waals surface area contributed by atoms with Gasteiger partial charge in [0.1, 0.15) is 0 Å². The Kier molecular flexibility index (Phi) is 4.63. The summed E-state index contributed by atoms with van der Waals surface area (Å²) in [4.78, 5) is 26.7. The van der Waals surface area contributed by atoms with E-state index in [9.17, 15) is 9.59 Å². The highest BCUT2D eigenvalue weighted by Gasteiger charge is 2.13. The van der Waals surface area contributed by atoms with Crippen molar-refractivity contribution >= 4 is 11.9 Å². The van der Waals surface area contributed by atoms with Crippen molar-refractivity contribution in [3.05, 3.63) is 29.1 Å². The number of aryl methyl sites for hydroxylation is 2. The second-order valence-corrected chi connectivity index (χ2v) is 3.55. The van der Waals surface area contributed by atoms with E-state index in [0.717, 1.165) is 5.69 Å². The van der Waals surface area contributed by atoms with Crippen molar-refractivity contribution in [2.75, 3.05) is 14.2 Å². The van der Waals surface area contributed by atoms with Crippen LogP contribution in [0.25, 0.3) is 0 Å². The van der Waals surface area contributed by atoms with Crippen LogP contribution in [-0.2, 0) is 20.7 Å². The van der Waals surface area contributed by atoms with Gasteiger partial charge in [0, 0.05) is 18.3 Å². The molecule has 0 spiro atoms. The molecular weight excluding hydrogens is 222 g/mol. The molecule has 0 unspecified atom stereocenters. The van der Waals surface area contributed by atoms with Gasteiger partial charge in [-0.15, -0.1) is 0 Å². The number of nitrogens with zero attached hydrogens (tertiary/aromatic N) is 1. The van der Waals surface area contributed by atoms with E-state index in [-0.39, 0.29) is 12.4 Å². The van der Waals surface area contributed by atoms with Crippen LogP contribution in [0.1, 0.15) is 28.0 Å². The normalized spacial score (nSPS) is 9.82. The number of carbonyl (C=O) groups excluding carboxylic acids is 2. The topological polar surface area (TPSA) is 65.5 Å². The van der Waals surface area contributed by atoms with Crippen molar-refractivity contribution in [1.29, 1.82) is 0 Å². The molecule has 0 amide bonds. The monoisotopic (exact) mass is 237 g/mol. The van der Waals surface area contributed by atoms with Crippen molar-refractivity contribution in [3.63, 3.8) is 0 Å². The van der Waals surface area contributed by atoms with E-state index in [2.05, 4.69) is 14.5 Å². The average molecular weight is 237 g/mol. The van der Waals surface area contributed by atoms with Gasteiger partial charge in [-0.25, -0.2) is 4.79 Å². The lowest BCUT2D eigenvalue weighted by atomic mass is 10.0. The maximum atomic E-state index is 11.5. The van der Waals surface area contributed by atoms with Gasteiger partial charge in [0.05, 0.1) is 19.8 Å². The molecule has 0 aliphatic heterocycles. The molecule has 1 aromatic rings. The molecule has 1 aromatic heterocycles. The van der Waals surface area contributed by atoms with Gasteiger partial charge in [0.25, 0.3) is 0 Å². The summed E-state index contributed by atoms with van der Waals surface area (Å²) in [5, 5.41) is 0. The molecule has 0 bridgehead atoms. The SMILES string of the molecule is COC(=O)CCc1cnc(C)cc1C(=O)OC. The smallest absolute Gasteiger partial charge is 0.338 e. The molecule has 5 nitrogen and oxygen atoms in total. The minimum Gasteiger partial charge on any atom is -0.469 e. The van der Waals surface area contributed by atoms with Gasteiger partial charge in [-0.3, -0.25) is 9.78 Å². The van der Waals surface area contributed by atoms with Crippen LogP contribution in [0.5, 0.6) is 0 Å². The highest BCUT2D eigenvalue weighted by molar-refractivity contribution is 5.91. The van der Waals surface area contributed by atoms with Crippen LogP contribution >= 0.6 is 0 Å². The second-order valence-electron chi connectivity index (χ2n) is 3.55. The van der Waals surface area contributed by atoms with Crippen LogP contribution in [0.2, 0.25) is 0 Å². The molecule has 1 rings (SSSR count). The van der Waals surface area contributed by atoms with E-state index in [0.29, 0.717) is 17.5 Å². The molecule has 0 atom stereocenters. The summed E-state index contributed by atoms with van der Waals surface area (Å²) in [6, 6.07) is 1.65. The maximum Gasteiger partial charge on any atom is 0.338 e. The minimum atomic E-state index is -0.421. The van der Waals surface area contributed by atoms with E-state index in [4.69, 9.17) is 0 Å². The van der Waals surface area contributed by atoms with Gasteiger partial charge < -0.3 is 9.47 Å². The van der Waals surface area contributed by atoms with Crippen LogP contribution in [-0.4, -0.2) is 31.1 Å². The third-order valence-corrected chi connectivity index (χ3v) is 2.35. The Balaban J connectivity index is 2.90. The molecule has 0 radical (unpaired) electrons. The van der Waals surface area contributed by atoms with Crippen LogP contribution in [0.15, 0.2) is 12.3 Å². The van der Waals surface area contributed by atoms with Crippen molar-refractivity contribution in [3.8, 4) is 0 Å². The molecule has 5 heteroatoms. The number of esters is 2. The summed E-state index contributed by atoms with van der Waals surface area (Å²) in [6.45, 7) is 1.79. The van der Waals surface area contributed by atoms with Gasteiger partial charge in [-0.05, 0) is 25.0 Å². The lowest BCUT2D eigenvalue weighted by Gasteiger charge is -2.07. The van der Waals surface area contributed by atoms with Crippen molar-refractivity contribution < 1.29 is 19.1 Å². The Hall–Kier alpha value is -1.91. The summed E-state index contributed by atoms with van der Waals surface area (Å²) in [7, 11) is 2.65. The lowest BCUT2D eigenvalue weighted by Crippen LogP contribution is -2.09. The highest BCUT2D eigenvalue weighted by atomic mass is 16.5. The predicted molar refractivity (Wildman–Crippen MR) is 60.7 cm³/mol. The first-order valence-corrected chi connectivity index (χ1v) is 5.19. The molecule has 0 aliphatic rings. The molecule has 0 aliphatic carbocycles. The van der Waals surface area contributed by atoms with Crippen LogP contribution < -0.4 is 0 Å². The quantitative estimate of drug-likeness (QED) is 0.738. The van der Waals surface area contributed by atoms with E-state index >= 15 is 0 Å². The summed E-state index contributed by atoms with van der Waals surface area (Å²) in [5.41, 5.74) is 1.86. The van der Waals surface area contributed by atoms with Gasteiger partial charge in [-0.2, -0.15) is 0 Å². The third kappa shape index (κ3) is 3.55. The van der Waals surface area contributed by atoms with E-state index < -0.39 is 5.97 Å². The highest BCUT2D eigenvalue weighted by Crippen LogP contribution is 2.13. The van der Waals surface area contributed by atoms with Gasteiger partial charge in [0.15, 0.2) is 0 Å². The number of aromatic nitrogens is 1. The fourth-order valence-corrected chi connectivity index (χ4v) is 1.43. The first-order chi connectivity index (χ1) is 8.08. The fourth-order valence-electron chi connectivity index (χ4n) is 1.43. The number of ether oxygens (including phenoxy) is 2. The van der Waals surface area contributed by atoms with Crippen LogP contribution in [0.3, 0.4) is 0 Å². The largest absolute Gasteiger partial charge is 0.469 e. The van der Waals surface area contributed by atoms with Gasteiger partial charge in [0.2, 0.25) is 0 Å². The lowest BCUT2D eigenvalue weighted by molar-refractivity contribution is -0.140. The Morgan fingerprint density at radius 3 is 2.59 bits per heavy atom. The average Bonchev–Trinajstić information content (AvgIpc) is 2.35. The Labute approximate surface area is 99.8 Å². The summed E-state index contributed by atoms with van der Waals surface area (Å²) >= 11 is 0. The summed E-state index contributed by atoms with van der Waals surface area (Å²) in [5.74, 6) is -0.739. The minimum absolute atomic E-state index is 0.214. The van der Waals surface area contributed by atoms with Gasteiger partial charge >= 0.3 is 11.9 Å². The number of carbonyl (C=O) groups is 2. The van der Waals surface area contributed by atoms with Crippen molar-refractivity contribution in [1.82, 2.24) is 4.98 Å². The number of pyridine rings is 1. The zero-order valence-electron chi connectivity index (χ0n) is 10.1. The molecule has 0 saturated heterocycles. The molecule has 0 fully saturated rings. The number of hydrogen-bond acceptors (Lipinski definition) is 5. The Bertz CT molecular complexity index is 429. The van der Waals surface area contributed by atoms with E-state index in [1.807, 2.05) is 0 Å². The van der Waals surface area contributed by atoms with E-state index in [1.165, 1.54) is 14.2 Å². The predicted octanol–water partition coefficient (Wildman–Crippen LogP) is 1.28. The molecule has 92 valence electrons. The zero-order chi connectivity index (χ0) is 12.8. The zero-order valence-corrected chi connectivity index (χ0v) is 10.1. The van der Waals surface area contributed by atoms with E-state index in [1.54, 1.807) is 19.2 Å². The second kappa shape index (κ2) is 5.98. The molecule has 0 saturated carbocycles. The molecule has 1 heterocycles. The first-order valence-electron chi connectivity index (χ1n) is 5.19. The van der Waals surface area contributed by atoms with Gasteiger partial charge in [-0.1, -0.05) is 0 Å². The molecular formula is C12H15NO4. The first kappa shape index (κ1) is 13.2. The molecule has 0 N–H and O–H groups in total. The number of rotatable bonds is 4.